The number of H-pyrrole nitrogens is 1. The van der Waals surface area contributed by atoms with E-state index >= 15 is 0 Å². The molecule has 0 radical (unpaired) electrons. The van der Waals surface area contributed by atoms with Gasteiger partial charge < -0.3 is 4.98 Å². The van der Waals surface area contributed by atoms with Crippen LogP contribution in [0, 0.1) is 5.82 Å². The minimum atomic E-state index is -0.314. The second-order valence-electron chi connectivity index (χ2n) is 4.21. The maximum Gasteiger partial charge on any atom is 0.185 e. The van der Waals surface area contributed by atoms with Gasteiger partial charge in [-0.05, 0) is 36.4 Å². The van der Waals surface area contributed by atoms with Crippen LogP contribution < -0.4 is 0 Å². The van der Waals surface area contributed by atoms with Crippen molar-refractivity contribution < 1.29 is 9.18 Å². The fraction of sp³-hybridized carbons (Fsp3) is 0. The molecule has 0 fully saturated rings. The van der Waals surface area contributed by atoms with E-state index in [-0.39, 0.29) is 11.6 Å². The number of nitrogens with zero attached hydrogens (tertiary/aromatic N) is 2. The van der Waals surface area contributed by atoms with E-state index in [0.717, 1.165) is 11.1 Å². The van der Waals surface area contributed by atoms with Gasteiger partial charge in [0.1, 0.15) is 5.82 Å². The number of aromatic nitrogens is 3. The molecule has 0 atom stereocenters. The van der Waals surface area contributed by atoms with Crippen molar-refractivity contribution in [1.82, 2.24) is 15.0 Å². The van der Waals surface area contributed by atoms with Crippen molar-refractivity contribution in [2.45, 2.75) is 0 Å². The lowest BCUT2D eigenvalue weighted by molar-refractivity contribution is 0.111. The van der Waals surface area contributed by atoms with E-state index < -0.39 is 0 Å². The molecule has 0 aliphatic carbocycles. The maximum absolute atomic E-state index is 13.0. The minimum Gasteiger partial charge on any atom is -0.335 e. The molecule has 4 nitrogen and oxygen atoms in total. The van der Waals surface area contributed by atoms with Gasteiger partial charge in [-0.15, -0.1) is 0 Å². The highest BCUT2D eigenvalue weighted by Crippen LogP contribution is 2.29. The summed E-state index contributed by atoms with van der Waals surface area (Å²) in [6, 6.07) is 9.61. The number of benzene rings is 1. The first kappa shape index (κ1) is 12.2. The van der Waals surface area contributed by atoms with Crippen LogP contribution in [0.15, 0.2) is 48.8 Å². The molecular weight excluding hydrogens is 257 g/mol. The molecule has 3 aromatic rings. The molecule has 0 saturated heterocycles. The van der Waals surface area contributed by atoms with Gasteiger partial charge in [-0.3, -0.25) is 9.78 Å². The van der Waals surface area contributed by atoms with E-state index in [2.05, 4.69) is 15.0 Å². The van der Waals surface area contributed by atoms with Gasteiger partial charge in [-0.2, -0.15) is 0 Å². The Labute approximate surface area is 114 Å². The van der Waals surface area contributed by atoms with Gasteiger partial charge in [0.15, 0.2) is 12.1 Å². The zero-order chi connectivity index (χ0) is 13.9. The molecule has 2 heterocycles. The normalized spacial score (nSPS) is 10.4. The number of hydrogen-bond donors (Lipinski definition) is 1. The maximum atomic E-state index is 13.0. The summed E-state index contributed by atoms with van der Waals surface area (Å²) < 4.78 is 13.0. The molecule has 0 aliphatic heterocycles. The second-order valence-corrected chi connectivity index (χ2v) is 4.21. The lowest BCUT2D eigenvalue weighted by Crippen LogP contribution is -1.84. The molecule has 1 N–H and O–H groups in total. The minimum absolute atomic E-state index is 0.233. The Morgan fingerprint density at radius 3 is 2.35 bits per heavy atom. The number of carbonyl (C=O) groups excluding carboxylic acids is 1. The summed E-state index contributed by atoms with van der Waals surface area (Å²) in [5.41, 5.74) is 2.92. The number of hydrogen-bond acceptors (Lipinski definition) is 3. The van der Waals surface area contributed by atoms with Gasteiger partial charge in [0.05, 0.1) is 11.4 Å². The molecule has 3 rings (SSSR count). The van der Waals surface area contributed by atoms with Crippen molar-refractivity contribution in [2.24, 2.45) is 0 Å². The smallest absolute Gasteiger partial charge is 0.185 e. The summed E-state index contributed by atoms with van der Waals surface area (Å²) in [6.07, 6.45) is 3.97. The summed E-state index contributed by atoms with van der Waals surface area (Å²) in [5, 5.41) is 0. The number of carbonyl (C=O) groups is 1. The third-order valence-corrected chi connectivity index (χ3v) is 2.92. The van der Waals surface area contributed by atoms with E-state index in [1.807, 2.05) is 12.1 Å². The monoisotopic (exact) mass is 267 g/mol. The number of aromatic amines is 1. The summed E-state index contributed by atoms with van der Waals surface area (Å²) in [6.45, 7) is 0. The fourth-order valence-electron chi connectivity index (χ4n) is 1.99. The highest BCUT2D eigenvalue weighted by molar-refractivity contribution is 5.82. The van der Waals surface area contributed by atoms with Gasteiger partial charge in [-0.25, -0.2) is 9.37 Å². The average molecular weight is 267 g/mol. The van der Waals surface area contributed by atoms with Crippen molar-refractivity contribution >= 4 is 6.29 Å². The SMILES string of the molecule is O=Cc1nc(-c2ccc(F)cc2)c(-c2ccncc2)[nH]1. The quantitative estimate of drug-likeness (QED) is 0.742. The van der Waals surface area contributed by atoms with E-state index in [9.17, 15) is 9.18 Å². The Bertz CT molecular complexity index is 736. The second kappa shape index (κ2) is 5.05. The number of pyridine rings is 1. The van der Waals surface area contributed by atoms with Gasteiger partial charge in [0.2, 0.25) is 0 Å². The fourth-order valence-corrected chi connectivity index (χ4v) is 1.99. The predicted octanol–water partition coefficient (Wildman–Crippen LogP) is 3.09. The first-order chi connectivity index (χ1) is 9.78. The van der Waals surface area contributed by atoms with Crippen molar-refractivity contribution in [3.05, 3.63) is 60.4 Å². The predicted molar refractivity (Wildman–Crippen MR) is 72.6 cm³/mol. The number of imidazole rings is 1. The van der Waals surface area contributed by atoms with Crippen LogP contribution >= 0.6 is 0 Å². The van der Waals surface area contributed by atoms with Crippen LogP contribution in [-0.4, -0.2) is 21.2 Å². The third-order valence-electron chi connectivity index (χ3n) is 2.92. The zero-order valence-corrected chi connectivity index (χ0v) is 10.4. The summed E-state index contributed by atoms with van der Waals surface area (Å²) in [4.78, 5) is 22.1. The van der Waals surface area contributed by atoms with Gasteiger partial charge >= 0.3 is 0 Å². The third kappa shape index (κ3) is 2.21. The van der Waals surface area contributed by atoms with Crippen LogP contribution in [0.2, 0.25) is 0 Å². The van der Waals surface area contributed by atoms with Crippen molar-refractivity contribution in [3.8, 4) is 22.5 Å². The molecule has 0 saturated carbocycles. The van der Waals surface area contributed by atoms with E-state index in [1.54, 1.807) is 24.5 Å². The van der Waals surface area contributed by atoms with Crippen LogP contribution in [0.4, 0.5) is 4.39 Å². The average Bonchev–Trinajstić information content (AvgIpc) is 2.93. The summed E-state index contributed by atoms with van der Waals surface area (Å²) in [7, 11) is 0. The number of nitrogens with one attached hydrogen (secondary N) is 1. The first-order valence-corrected chi connectivity index (χ1v) is 5.99. The highest BCUT2D eigenvalue weighted by atomic mass is 19.1. The van der Waals surface area contributed by atoms with Gasteiger partial charge in [0, 0.05) is 23.5 Å². The van der Waals surface area contributed by atoms with Crippen LogP contribution in [0.3, 0.4) is 0 Å². The molecule has 0 aliphatic rings. The molecule has 98 valence electrons. The highest BCUT2D eigenvalue weighted by Gasteiger charge is 2.13. The summed E-state index contributed by atoms with van der Waals surface area (Å²) >= 11 is 0. The summed E-state index contributed by atoms with van der Waals surface area (Å²) in [5.74, 6) is -0.0819. The van der Waals surface area contributed by atoms with Gasteiger partial charge in [-0.1, -0.05) is 0 Å². The first-order valence-electron chi connectivity index (χ1n) is 5.99. The van der Waals surface area contributed by atoms with E-state index in [0.29, 0.717) is 17.7 Å². The van der Waals surface area contributed by atoms with Crippen LogP contribution in [-0.2, 0) is 0 Å². The number of rotatable bonds is 3. The zero-order valence-electron chi connectivity index (χ0n) is 10.4. The van der Waals surface area contributed by atoms with Crippen molar-refractivity contribution in [1.29, 1.82) is 0 Å². The number of halogens is 1. The molecule has 1 aromatic carbocycles. The van der Waals surface area contributed by atoms with Crippen LogP contribution in [0.5, 0.6) is 0 Å². The Hall–Kier alpha value is -2.82. The Morgan fingerprint density at radius 2 is 1.70 bits per heavy atom. The van der Waals surface area contributed by atoms with E-state index in [4.69, 9.17) is 0 Å². The van der Waals surface area contributed by atoms with Crippen LogP contribution in [0.1, 0.15) is 10.6 Å². The van der Waals surface area contributed by atoms with Gasteiger partial charge in [0.25, 0.3) is 0 Å². The van der Waals surface area contributed by atoms with Crippen molar-refractivity contribution in [3.63, 3.8) is 0 Å². The molecule has 20 heavy (non-hydrogen) atoms. The van der Waals surface area contributed by atoms with Crippen molar-refractivity contribution in [2.75, 3.05) is 0 Å². The standard InChI is InChI=1S/C15H10FN3O/c16-12-3-1-10(2-4-12)14-15(19-13(9-20)18-14)11-5-7-17-8-6-11/h1-9H,(H,18,19). The molecular formula is C15H10FN3O. The largest absolute Gasteiger partial charge is 0.335 e. The van der Waals surface area contributed by atoms with E-state index in [1.165, 1.54) is 12.1 Å². The topological polar surface area (TPSA) is 58.6 Å². The lowest BCUT2D eigenvalue weighted by Gasteiger charge is -2.02. The molecule has 0 unspecified atom stereocenters. The Morgan fingerprint density at radius 1 is 1.00 bits per heavy atom. The Kier molecular flexibility index (Phi) is 3.09. The molecule has 0 bridgehead atoms. The number of aldehydes is 1. The Balaban J connectivity index is 2.17. The molecule has 0 amide bonds. The van der Waals surface area contributed by atoms with Crippen LogP contribution in [0.25, 0.3) is 22.5 Å². The lowest BCUT2D eigenvalue weighted by atomic mass is 10.1. The molecule has 5 heteroatoms. The molecule has 2 aromatic heterocycles. The molecule has 0 spiro atoms.